The fraction of sp³-hybridized carbons (Fsp3) is 0.600. The van der Waals surface area contributed by atoms with Crippen LogP contribution in [0.3, 0.4) is 0 Å². The highest BCUT2D eigenvalue weighted by Gasteiger charge is 2.23. The van der Waals surface area contributed by atoms with E-state index in [-0.39, 0.29) is 12.1 Å². The molecular formula is C15H25NO. The molecule has 0 heterocycles. The van der Waals surface area contributed by atoms with Gasteiger partial charge in [-0.25, -0.2) is 0 Å². The summed E-state index contributed by atoms with van der Waals surface area (Å²) >= 11 is 0. The highest BCUT2D eigenvalue weighted by molar-refractivity contribution is 5.19. The number of benzene rings is 1. The lowest BCUT2D eigenvalue weighted by molar-refractivity contribution is -0.00858. The van der Waals surface area contributed by atoms with Gasteiger partial charge in [-0.1, -0.05) is 58.0 Å². The first-order valence-electron chi connectivity index (χ1n) is 6.44. The van der Waals surface area contributed by atoms with Crippen LogP contribution < -0.4 is 5.73 Å². The van der Waals surface area contributed by atoms with Crippen LogP contribution >= 0.6 is 0 Å². The molecule has 0 aromatic heterocycles. The third kappa shape index (κ3) is 4.49. The molecular weight excluding hydrogens is 210 g/mol. The first-order valence-corrected chi connectivity index (χ1v) is 6.44. The van der Waals surface area contributed by atoms with Gasteiger partial charge < -0.3 is 10.5 Å². The maximum absolute atomic E-state index is 6.30. The summed E-state index contributed by atoms with van der Waals surface area (Å²) in [5.74, 6) is 0.961. The third-order valence-electron chi connectivity index (χ3n) is 2.82. The molecule has 2 atom stereocenters. The van der Waals surface area contributed by atoms with Crippen molar-refractivity contribution in [2.75, 3.05) is 6.61 Å². The van der Waals surface area contributed by atoms with E-state index in [1.54, 1.807) is 0 Å². The summed E-state index contributed by atoms with van der Waals surface area (Å²) in [5, 5.41) is 0. The van der Waals surface area contributed by atoms with Gasteiger partial charge >= 0.3 is 0 Å². The number of hydrogen-bond acceptors (Lipinski definition) is 2. The van der Waals surface area contributed by atoms with Gasteiger partial charge in [0.25, 0.3) is 0 Å². The molecule has 1 aromatic carbocycles. The van der Waals surface area contributed by atoms with Gasteiger partial charge in [-0.15, -0.1) is 0 Å². The minimum Gasteiger partial charge on any atom is -0.376 e. The average molecular weight is 235 g/mol. The summed E-state index contributed by atoms with van der Waals surface area (Å²) in [7, 11) is 0. The number of ether oxygens (including phenoxy) is 1. The van der Waals surface area contributed by atoms with Crippen LogP contribution in [0.1, 0.15) is 39.3 Å². The second-order valence-electron chi connectivity index (χ2n) is 5.37. The molecule has 0 saturated heterocycles. The minimum absolute atomic E-state index is 0.0463. The zero-order chi connectivity index (χ0) is 12.8. The third-order valence-corrected chi connectivity index (χ3v) is 2.82. The molecule has 0 spiro atoms. The zero-order valence-electron chi connectivity index (χ0n) is 11.4. The zero-order valence-corrected chi connectivity index (χ0v) is 11.4. The molecule has 1 aromatic rings. The predicted molar refractivity (Wildman–Crippen MR) is 72.8 cm³/mol. The smallest absolute Gasteiger partial charge is 0.0790 e. The van der Waals surface area contributed by atoms with Gasteiger partial charge in [-0.2, -0.15) is 0 Å². The molecule has 0 radical (unpaired) electrons. The lowest BCUT2D eigenvalue weighted by Crippen LogP contribution is -2.34. The summed E-state index contributed by atoms with van der Waals surface area (Å²) in [4.78, 5) is 0. The lowest BCUT2D eigenvalue weighted by atomic mass is 9.94. The van der Waals surface area contributed by atoms with Crippen LogP contribution in [0, 0.1) is 11.8 Å². The van der Waals surface area contributed by atoms with Crippen molar-refractivity contribution in [3.63, 3.8) is 0 Å². The van der Waals surface area contributed by atoms with Crippen LogP contribution in [0.4, 0.5) is 0 Å². The Morgan fingerprint density at radius 1 is 1.06 bits per heavy atom. The molecule has 17 heavy (non-hydrogen) atoms. The molecule has 2 unspecified atom stereocenters. The van der Waals surface area contributed by atoms with Crippen molar-refractivity contribution in [2.24, 2.45) is 17.6 Å². The fourth-order valence-electron chi connectivity index (χ4n) is 1.88. The van der Waals surface area contributed by atoms with E-state index in [0.29, 0.717) is 11.8 Å². The SMILES string of the molecule is CC(C)COC(C(C)C)C(N)c1ccccc1. The van der Waals surface area contributed by atoms with E-state index < -0.39 is 0 Å². The molecule has 0 bridgehead atoms. The van der Waals surface area contributed by atoms with Crippen molar-refractivity contribution < 1.29 is 4.74 Å². The van der Waals surface area contributed by atoms with Crippen LogP contribution in [0.15, 0.2) is 30.3 Å². The Bertz CT molecular complexity index is 308. The number of rotatable bonds is 6. The molecule has 0 saturated carbocycles. The number of nitrogens with two attached hydrogens (primary N) is 1. The summed E-state index contributed by atoms with van der Waals surface area (Å²) in [6, 6.07) is 10.1. The summed E-state index contributed by atoms with van der Waals surface area (Å²) < 4.78 is 5.96. The molecule has 0 fully saturated rings. The summed E-state index contributed by atoms with van der Waals surface area (Å²) in [6.07, 6.45) is 0.0831. The Labute approximate surface area is 105 Å². The molecule has 2 heteroatoms. The minimum atomic E-state index is -0.0463. The van der Waals surface area contributed by atoms with Gasteiger partial charge in [-0.05, 0) is 17.4 Å². The van der Waals surface area contributed by atoms with E-state index in [0.717, 1.165) is 12.2 Å². The lowest BCUT2D eigenvalue weighted by Gasteiger charge is -2.28. The summed E-state index contributed by atoms with van der Waals surface area (Å²) in [6.45, 7) is 9.40. The normalized spacial score (nSPS) is 15.2. The van der Waals surface area contributed by atoms with Gasteiger partial charge in [0, 0.05) is 6.61 Å². The monoisotopic (exact) mass is 235 g/mol. The Kier molecular flexibility index (Phi) is 5.66. The maximum Gasteiger partial charge on any atom is 0.0790 e. The Balaban J connectivity index is 2.70. The van der Waals surface area contributed by atoms with Crippen molar-refractivity contribution in [1.29, 1.82) is 0 Å². The highest BCUT2D eigenvalue weighted by atomic mass is 16.5. The average Bonchev–Trinajstić information content (AvgIpc) is 2.29. The van der Waals surface area contributed by atoms with E-state index in [1.165, 1.54) is 0 Å². The van der Waals surface area contributed by atoms with Gasteiger partial charge in [0.15, 0.2) is 0 Å². The van der Waals surface area contributed by atoms with Gasteiger partial charge in [-0.3, -0.25) is 0 Å². The topological polar surface area (TPSA) is 35.2 Å². The molecule has 0 amide bonds. The standard InChI is InChI=1S/C15H25NO/c1-11(2)10-17-15(12(3)4)14(16)13-8-6-5-7-9-13/h5-9,11-12,14-15H,10,16H2,1-4H3. The van der Waals surface area contributed by atoms with Crippen molar-refractivity contribution in [2.45, 2.75) is 39.8 Å². The van der Waals surface area contributed by atoms with E-state index in [2.05, 4.69) is 39.8 Å². The van der Waals surface area contributed by atoms with Crippen molar-refractivity contribution in [1.82, 2.24) is 0 Å². The largest absolute Gasteiger partial charge is 0.376 e. The second-order valence-corrected chi connectivity index (χ2v) is 5.37. The molecule has 0 aliphatic heterocycles. The van der Waals surface area contributed by atoms with E-state index in [4.69, 9.17) is 10.5 Å². The molecule has 2 nitrogen and oxygen atoms in total. The van der Waals surface area contributed by atoms with Crippen molar-refractivity contribution >= 4 is 0 Å². The van der Waals surface area contributed by atoms with Crippen LogP contribution in [0.2, 0.25) is 0 Å². The fourth-order valence-corrected chi connectivity index (χ4v) is 1.88. The van der Waals surface area contributed by atoms with Gasteiger partial charge in [0.1, 0.15) is 0 Å². The number of hydrogen-bond donors (Lipinski definition) is 1. The summed E-state index contributed by atoms with van der Waals surface area (Å²) in [5.41, 5.74) is 7.45. The molecule has 96 valence electrons. The van der Waals surface area contributed by atoms with Gasteiger partial charge in [0.2, 0.25) is 0 Å². The highest BCUT2D eigenvalue weighted by Crippen LogP contribution is 2.22. The Hall–Kier alpha value is -0.860. The molecule has 2 N–H and O–H groups in total. The van der Waals surface area contributed by atoms with Gasteiger partial charge in [0.05, 0.1) is 12.1 Å². The van der Waals surface area contributed by atoms with Crippen LogP contribution in [0.5, 0.6) is 0 Å². The molecule has 0 aliphatic rings. The van der Waals surface area contributed by atoms with Crippen LogP contribution in [0.25, 0.3) is 0 Å². The maximum atomic E-state index is 6.30. The van der Waals surface area contributed by atoms with Crippen molar-refractivity contribution in [3.8, 4) is 0 Å². The first kappa shape index (κ1) is 14.2. The molecule has 1 rings (SSSR count). The molecule has 0 aliphatic carbocycles. The Morgan fingerprint density at radius 3 is 2.12 bits per heavy atom. The predicted octanol–water partition coefficient (Wildman–Crippen LogP) is 3.38. The Morgan fingerprint density at radius 2 is 1.65 bits per heavy atom. The first-order chi connectivity index (χ1) is 8.02. The van der Waals surface area contributed by atoms with E-state index in [1.807, 2.05) is 18.2 Å². The van der Waals surface area contributed by atoms with Crippen LogP contribution in [-0.4, -0.2) is 12.7 Å². The second kappa shape index (κ2) is 6.77. The van der Waals surface area contributed by atoms with Crippen LogP contribution in [-0.2, 0) is 4.74 Å². The van der Waals surface area contributed by atoms with E-state index >= 15 is 0 Å². The quantitative estimate of drug-likeness (QED) is 0.820. The van der Waals surface area contributed by atoms with Crippen molar-refractivity contribution in [3.05, 3.63) is 35.9 Å². The van der Waals surface area contributed by atoms with E-state index in [9.17, 15) is 0 Å².